The van der Waals surface area contributed by atoms with Crippen molar-refractivity contribution in [2.75, 3.05) is 25.6 Å². The van der Waals surface area contributed by atoms with Gasteiger partial charge in [-0.2, -0.15) is 0 Å². The van der Waals surface area contributed by atoms with E-state index in [0.29, 0.717) is 31.7 Å². The zero-order valence-corrected chi connectivity index (χ0v) is 26.1. The number of carbonyl (C=O) groups excluding carboxylic acids is 3. The molecule has 2 aliphatic heterocycles. The number of hydrogen-bond donors (Lipinski definition) is 4. The number of anilines is 1. The molecule has 3 aliphatic rings. The number of carboxylic acid groups (broad SMARTS) is 1. The first-order valence-electron chi connectivity index (χ1n) is 15.2. The lowest BCUT2D eigenvalue weighted by Crippen LogP contribution is -2.56. The quantitative estimate of drug-likeness (QED) is 0.181. The van der Waals surface area contributed by atoms with Crippen LogP contribution in [-0.2, 0) is 39.8 Å². The third-order valence-electron chi connectivity index (χ3n) is 8.74. The molecule has 1 aliphatic carbocycles. The molecule has 1 aromatic carbocycles. The van der Waals surface area contributed by atoms with Crippen LogP contribution >= 0.6 is 0 Å². The molecule has 0 unspecified atom stereocenters. The average Bonchev–Trinajstić information content (AvgIpc) is 3.89. The smallest absolute Gasteiger partial charge is 0.407 e. The van der Waals surface area contributed by atoms with Gasteiger partial charge in [0.15, 0.2) is 0 Å². The standard InChI is InChI=1S/C32H45N3O9/c1-19(2)6-11-24-31(4,44-24)28-27(41-5)23(14-16-32(28)18-42-32)43-30(40)33-17-15-21-7-9-22(10-8-21)35-29(39)20(3)34-25(36)12-13-26(37)38/h6-10,20,23-24,27-28H,11-18H2,1-5H3,(H,33,40)(H,34,36)(H,35,39)(H,37,38)/t20-,23+,24+,27+,28+,31-,32-/m0/s1. The summed E-state index contributed by atoms with van der Waals surface area (Å²) in [5, 5.41) is 16.7. The third-order valence-corrected chi connectivity index (χ3v) is 8.74. The molecule has 0 aromatic heterocycles. The Morgan fingerprint density at radius 3 is 2.48 bits per heavy atom. The number of alkyl carbamates (subject to hydrolysis) is 1. The number of hydrogen-bond acceptors (Lipinski definition) is 8. The number of epoxide rings is 2. The Morgan fingerprint density at radius 2 is 1.86 bits per heavy atom. The van der Waals surface area contributed by atoms with Crippen molar-refractivity contribution in [1.29, 1.82) is 0 Å². The number of nitrogens with one attached hydrogen (secondary N) is 3. The summed E-state index contributed by atoms with van der Waals surface area (Å²) in [4.78, 5) is 47.5. The number of aliphatic carboxylic acids is 1. The monoisotopic (exact) mass is 615 g/mol. The van der Waals surface area contributed by atoms with Gasteiger partial charge in [0.25, 0.3) is 0 Å². The minimum absolute atomic E-state index is 0.0442. The van der Waals surface area contributed by atoms with Gasteiger partial charge in [0.2, 0.25) is 11.8 Å². The maximum atomic E-state index is 12.8. The fourth-order valence-corrected chi connectivity index (χ4v) is 6.16. The molecule has 1 saturated carbocycles. The highest BCUT2D eigenvalue weighted by atomic mass is 16.6. The summed E-state index contributed by atoms with van der Waals surface area (Å²) >= 11 is 0. The zero-order chi connectivity index (χ0) is 32.1. The van der Waals surface area contributed by atoms with Crippen LogP contribution in [0.3, 0.4) is 0 Å². The van der Waals surface area contributed by atoms with E-state index in [0.717, 1.165) is 18.4 Å². The number of methoxy groups -OCH3 is 1. The van der Waals surface area contributed by atoms with E-state index in [4.69, 9.17) is 24.1 Å². The van der Waals surface area contributed by atoms with E-state index >= 15 is 0 Å². The molecule has 12 heteroatoms. The molecule has 1 spiro atoms. The minimum atomic E-state index is -1.08. The van der Waals surface area contributed by atoms with Crippen molar-refractivity contribution >= 4 is 29.6 Å². The summed E-state index contributed by atoms with van der Waals surface area (Å²) < 4.78 is 24.0. The lowest BCUT2D eigenvalue weighted by Gasteiger charge is -2.42. The van der Waals surface area contributed by atoms with E-state index < -0.39 is 41.6 Å². The van der Waals surface area contributed by atoms with E-state index in [1.807, 2.05) is 12.1 Å². The van der Waals surface area contributed by atoms with E-state index in [9.17, 15) is 19.2 Å². The highest BCUT2D eigenvalue weighted by molar-refractivity contribution is 5.97. The van der Waals surface area contributed by atoms with Gasteiger partial charge in [-0.25, -0.2) is 4.79 Å². The molecule has 3 fully saturated rings. The summed E-state index contributed by atoms with van der Waals surface area (Å²) in [6.45, 7) is 8.80. The van der Waals surface area contributed by atoms with Crippen LogP contribution in [0.2, 0.25) is 0 Å². The van der Waals surface area contributed by atoms with Crippen LogP contribution in [0.25, 0.3) is 0 Å². The number of carboxylic acids is 1. The van der Waals surface area contributed by atoms with Crippen molar-refractivity contribution in [1.82, 2.24) is 10.6 Å². The Balaban J connectivity index is 1.22. The second kappa shape index (κ2) is 14.1. The molecular formula is C32H45N3O9. The maximum absolute atomic E-state index is 12.8. The Kier molecular flexibility index (Phi) is 10.7. The minimum Gasteiger partial charge on any atom is -0.481 e. The normalized spacial score (nSPS) is 29.2. The molecule has 0 radical (unpaired) electrons. The molecular weight excluding hydrogens is 570 g/mol. The van der Waals surface area contributed by atoms with Gasteiger partial charge in [0.05, 0.1) is 25.0 Å². The van der Waals surface area contributed by atoms with Gasteiger partial charge in [0.1, 0.15) is 29.5 Å². The second-order valence-electron chi connectivity index (χ2n) is 12.4. The lowest BCUT2D eigenvalue weighted by atomic mass is 9.68. The van der Waals surface area contributed by atoms with Crippen molar-refractivity contribution in [3.8, 4) is 0 Å². The molecule has 242 valence electrons. The predicted octanol–water partition coefficient (Wildman–Crippen LogP) is 3.34. The van der Waals surface area contributed by atoms with Gasteiger partial charge < -0.3 is 40.0 Å². The SMILES string of the molecule is CO[C@@H]1[C@H](OC(=O)NCCc2ccc(NC(=O)[C@H](C)NC(=O)CCC(=O)O)cc2)CC[C@]2(CO2)[C@H]1[C@@]1(C)O[C@@H]1CC=C(C)C. The van der Waals surface area contributed by atoms with E-state index in [-0.39, 0.29) is 36.6 Å². The Morgan fingerprint density at radius 1 is 1.16 bits per heavy atom. The van der Waals surface area contributed by atoms with E-state index in [2.05, 4.69) is 42.8 Å². The highest BCUT2D eigenvalue weighted by Gasteiger charge is 2.72. The van der Waals surface area contributed by atoms with Gasteiger partial charge in [0, 0.05) is 25.8 Å². The number of ether oxygens (including phenoxy) is 4. The van der Waals surface area contributed by atoms with Gasteiger partial charge in [-0.3, -0.25) is 14.4 Å². The second-order valence-corrected chi connectivity index (χ2v) is 12.4. The Hall–Kier alpha value is -3.48. The number of carbonyl (C=O) groups is 4. The largest absolute Gasteiger partial charge is 0.481 e. The Labute approximate surface area is 258 Å². The van der Waals surface area contributed by atoms with Crippen molar-refractivity contribution in [3.05, 3.63) is 41.5 Å². The van der Waals surface area contributed by atoms with Gasteiger partial charge in [-0.15, -0.1) is 0 Å². The zero-order valence-electron chi connectivity index (χ0n) is 26.1. The van der Waals surface area contributed by atoms with Crippen molar-refractivity contribution < 1.29 is 43.2 Å². The van der Waals surface area contributed by atoms with Crippen LogP contribution < -0.4 is 16.0 Å². The molecule has 7 atom stereocenters. The summed E-state index contributed by atoms with van der Waals surface area (Å²) in [6.07, 6.45) is 3.30. The van der Waals surface area contributed by atoms with Gasteiger partial charge in [-0.1, -0.05) is 23.8 Å². The van der Waals surface area contributed by atoms with Crippen LogP contribution in [0.5, 0.6) is 0 Å². The average molecular weight is 616 g/mol. The van der Waals surface area contributed by atoms with Crippen LogP contribution in [0.4, 0.5) is 10.5 Å². The van der Waals surface area contributed by atoms with E-state index in [1.54, 1.807) is 19.2 Å². The molecule has 4 N–H and O–H groups in total. The number of rotatable bonds is 14. The van der Waals surface area contributed by atoms with E-state index in [1.165, 1.54) is 12.5 Å². The third kappa shape index (κ3) is 8.36. The van der Waals surface area contributed by atoms with Crippen LogP contribution in [0.1, 0.15) is 65.4 Å². The van der Waals surface area contributed by atoms with Gasteiger partial charge >= 0.3 is 12.1 Å². The molecule has 44 heavy (non-hydrogen) atoms. The number of amides is 3. The summed E-state index contributed by atoms with van der Waals surface area (Å²) in [5.41, 5.74) is 2.05. The predicted molar refractivity (Wildman–Crippen MR) is 161 cm³/mol. The molecule has 2 saturated heterocycles. The summed E-state index contributed by atoms with van der Waals surface area (Å²) in [6, 6.07) is 6.31. The maximum Gasteiger partial charge on any atom is 0.407 e. The fourth-order valence-electron chi connectivity index (χ4n) is 6.16. The topological polar surface area (TPSA) is 168 Å². The van der Waals surface area contributed by atoms with Crippen molar-refractivity contribution in [3.63, 3.8) is 0 Å². The fraction of sp³-hybridized carbons (Fsp3) is 0.625. The molecule has 3 amide bonds. The lowest BCUT2D eigenvalue weighted by molar-refractivity contribution is -0.139. The first kappa shape index (κ1) is 33.4. The molecule has 1 aromatic rings. The number of allylic oxidation sites excluding steroid dienone is 1. The van der Waals surface area contributed by atoms with Crippen LogP contribution in [0.15, 0.2) is 35.9 Å². The van der Waals surface area contributed by atoms with Gasteiger partial charge in [-0.05, 0) is 71.1 Å². The molecule has 0 bridgehead atoms. The molecule has 12 nitrogen and oxygen atoms in total. The Bertz CT molecular complexity index is 1240. The first-order valence-corrected chi connectivity index (χ1v) is 15.2. The van der Waals surface area contributed by atoms with Crippen molar-refractivity contribution in [2.24, 2.45) is 5.92 Å². The molecule has 2 heterocycles. The summed E-state index contributed by atoms with van der Waals surface area (Å²) in [5.74, 6) is -2.05. The molecule has 4 rings (SSSR count). The van der Waals surface area contributed by atoms with Crippen molar-refractivity contribution in [2.45, 2.75) is 102 Å². The first-order chi connectivity index (χ1) is 20.9. The highest BCUT2D eigenvalue weighted by Crippen LogP contribution is 2.59. The number of benzene rings is 1. The summed E-state index contributed by atoms with van der Waals surface area (Å²) in [7, 11) is 1.65. The van der Waals surface area contributed by atoms with Crippen LogP contribution in [-0.4, -0.2) is 84.8 Å². The van der Waals surface area contributed by atoms with Crippen LogP contribution in [0, 0.1) is 5.92 Å².